The molecular weight excluding hydrogens is 468 g/mol. The lowest BCUT2D eigenvalue weighted by Crippen LogP contribution is -2.39. The number of hydrogen-bond acceptors (Lipinski definition) is 6. The van der Waals surface area contributed by atoms with E-state index < -0.39 is 38.4 Å². The van der Waals surface area contributed by atoms with Gasteiger partial charge < -0.3 is 10.6 Å². The zero-order valence-electron chi connectivity index (χ0n) is 15.7. The molecule has 6 nitrogen and oxygen atoms in total. The number of nitrogens with zero attached hydrogens (tertiary/aromatic N) is 1. The van der Waals surface area contributed by atoms with Crippen LogP contribution >= 0.6 is 22.9 Å². The normalized spacial score (nSPS) is 16.9. The summed E-state index contributed by atoms with van der Waals surface area (Å²) in [6.07, 6.45) is -2.83. The molecule has 3 N–H and O–H groups in total. The average molecular weight is 487 g/mol. The van der Waals surface area contributed by atoms with Gasteiger partial charge in [-0.2, -0.15) is 13.2 Å². The highest BCUT2D eigenvalue weighted by Crippen LogP contribution is 2.60. The van der Waals surface area contributed by atoms with E-state index >= 15 is 0 Å². The summed E-state index contributed by atoms with van der Waals surface area (Å²) < 4.78 is 80.9. The minimum absolute atomic E-state index is 0.0525. The summed E-state index contributed by atoms with van der Waals surface area (Å²) in [5, 5.41) is 7.17. The van der Waals surface area contributed by atoms with Gasteiger partial charge in [-0.15, -0.1) is 11.3 Å². The SMILES string of the molecule is CN[C@H](CNc1cc(F)c(S(=O)(=O)Nc2nccs2)cc1Cl)CC1(C(F)(F)F)CC1. The average Bonchev–Trinajstić information content (AvgIpc) is 3.29. The molecule has 0 aliphatic heterocycles. The number of hydrogen-bond donors (Lipinski definition) is 3. The molecule has 1 aliphatic carbocycles. The molecule has 0 spiro atoms. The number of sulfonamides is 1. The highest BCUT2D eigenvalue weighted by molar-refractivity contribution is 7.93. The molecule has 0 radical (unpaired) electrons. The van der Waals surface area contributed by atoms with E-state index in [2.05, 4.69) is 20.3 Å². The first kappa shape index (κ1) is 23.0. The largest absolute Gasteiger partial charge is 0.394 e. The zero-order valence-corrected chi connectivity index (χ0v) is 18.1. The molecule has 30 heavy (non-hydrogen) atoms. The second kappa shape index (κ2) is 8.48. The summed E-state index contributed by atoms with van der Waals surface area (Å²) in [7, 11) is -2.71. The Morgan fingerprint density at radius 3 is 2.57 bits per heavy atom. The molecule has 1 saturated carbocycles. The topological polar surface area (TPSA) is 83.1 Å². The maximum Gasteiger partial charge on any atom is 0.394 e. The van der Waals surface area contributed by atoms with Crippen molar-refractivity contribution in [1.82, 2.24) is 10.3 Å². The van der Waals surface area contributed by atoms with Crippen LogP contribution in [0, 0.1) is 11.2 Å². The number of alkyl halides is 3. The fraction of sp³-hybridized carbons (Fsp3) is 0.471. The van der Waals surface area contributed by atoms with E-state index in [1.165, 1.54) is 6.20 Å². The van der Waals surface area contributed by atoms with Crippen LogP contribution in [-0.2, 0) is 10.0 Å². The minimum atomic E-state index is -4.27. The van der Waals surface area contributed by atoms with Crippen molar-refractivity contribution in [2.24, 2.45) is 5.41 Å². The number of nitrogens with one attached hydrogen (secondary N) is 3. The van der Waals surface area contributed by atoms with E-state index in [-0.39, 0.29) is 41.6 Å². The Morgan fingerprint density at radius 1 is 1.33 bits per heavy atom. The minimum Gasteiger partial charge on any atom is -0.382 e. The molecule has 1 aromatic heterocycles. The molecule has 0 amide bonds. The van der Waals surface area contributed by atoms with Gasteiger partial charge in [0.25, 0.3) is 10.0 Å². The molecule has 1 aliphatic rings. The van der Waals surface area contributed by atoms with Crippen LogP contribution in [-0.4, -0.2) is 39.2 Å². The standard InChI is InChI=1S/C17H19ClF4N4O2S2/c1-23-10(8-16(2-3-16)17(20,21)22)9-25-13-7-12(19)14(6-11(13)18)30(27,28)26-15-24-4-5-29-15/h4-7,10,23,25H,2-3,8-9H2,1H3,(H,24,26)/t10-/m0/s1. The van der Waals surface area contributed by atoms with Crippen LogP contribution in [0.3, 0.4) is 0 Å². The first-order valence-electron chi connectivity index (χ1n) is 8.87. The van der Waals surface area contributed by atoms with Crippen molar-refractivity contribution >= 4 is 43.8 Å². The molecular formula is C17H19ClF4N4O2S2. The Morgan fingerprint density at radius 2 is 2.03 bits per heavy atom. The molecule has 1 fully saturated rings. The lowest BCUT2D eigenvalue weighted by atomic mass is 9.96. The predicted octanol–water partition coefficient (Wildman–Crippen LogP) is 4.47. The Balaban J connectivity index is 1.71. The van der Waals surface area contributed by atoms with Gasteiger partial charge in [0.05, 0.1) is 16.1 Å². The molecule has 0 bridgehead atoms. The van der Waals surface area contributed by atoms with Crippen molar-refractivity contribution in [2.45, 2.75) is 36.4 Å². The van der Waals surface area contributed by atoms with Crippen molar-refractivity contribution in [3.05, 3.63) is 34.5 Å². The van der Waals surface area contributed by atoms with Crippen LogP contribution in [0.1, 0.15) is 19.3 Å². The summed E-state index contributed by atoms with van der Waals surface area (Å²) in [6.45, 7) is 0.0525. The Labute approximate surface area is 180 Å². The summed E-state index contributed by atoms with van der Waals surface area (Å²) >= 11 is 7.13. The second-order valence-corrected chi connectivity index (χ2v) is 10.0. The number of rotatable bonds is 9. The Kier molecular flexibility index (Phi) is 6.51. The smallest absolute Gasteiger partial charge is 0.382 e. The van der Waals surface area contributed by atoms with Crippen molar-refractivity contribution in [2.75, 3.05) is 23.6 Å². The molecule has 13 heteroatoms. The number of halogens is 5. The molecule has 0 saturated heterocycles. The van der Waals surface area contributed by atoms with Crippen LogP contribution in [0.4, 0.5) is 28.4 Å². The van der Waals surface area contributed by atoms with Gasteiger partial charge in [-0.05, 0) is 38.4 Å². The lowest BCUT2D eigenvalue weighted by molar-refractivity contribution is -0.190. The van der Waals surface area contributed by atoms with E-state index in [9.17, 15) is 26.0 Å². The van der Waals surface area contributed by atoms with Crippen LogP contribution in [0.2, 0.25) is 5.02 Å². The van der Waals surface area contributed by atoms with Gasteiger partial charge in [-0.3, -0.25) is 4.72 Å². The van der Waals surface area contributed by atoms with Crippen LogP contribution in [0.5, 0.6) is 0 Å². The Bertz CT molecular complexity index is 996. The van der Waals surface area contributed by atoms with E-state index in [4.69, 9.17) is 11.6 Å². The first-order valence-corrected chi connectivity index (χ1v) is 11.6. The van der Waals surface area contributed by atoms with Gasteiger partial charge in [0.2, 0.25) is 0 Å². The summed E-state index contributed by atoms with van der Waals surface area (Å²) in [4.78, 5) is 3.12. The van der Waals surface area contributed by atoms with Gasteiger partial charge in [0, 0.05) is 24.2 Å². The van der Waals surface area contributed by atoms with Crippen LogP contribution < -0.4 is 15.4 Å². The van der Waals surface area contributed by atoms with E-state index in [1.54, 1.807) is 12.4 Å². The Hall–Kier alpha value is -1.63. The quantitative estimate of drug-likeness (QED) is 0.455. The van der Waals surface area contributed by atoms with E-state index in [0.29, 0.717) is 0 Å². The number of anilines is 2. The highest BCUT2D eigenvalue weighted by atomic mass is 35.5. The molecule has 1 aromatic carbocycles. The maximum absolute atomic E-state index is 14.5. The highest BCUT2D eigenvalue weighted by Gasteiger charge is 2.63. The lowest BCUT2D eigenvalue weighted by Gasteiger charge is -2.25. The van der Waals surface area contributed by atoms with Gasteiger partial charge in [-0.1, -0.05) is 11.6 Å². The third kappa shape index (κ3) is 4.98. The molecule has 1 heterocycles. The van der Waals surface area contributed by atoms with Gasteiger partial charge in [0.1, 0.15) is 10.7 Å². The van der Waals surface area contributed by atoms with E-state index in [1.807, 2.05) is 0 Å². The zero-order chi connectivity index (χ0) is 22.2. The third-order valence-corrected chi connectivity index (χ3v) is 7.49. The second-order valence-electron chi connectivity index (χ2n) is 7.05. The van der Waals surface area contributed by atoms with Gasteiger partial charge in [-0.25, -0.2) is 17.8 Å². The molecule has 3 rings (SSSR count). The molecule has 2 aromatic rings. The first-order chi connectivity index (χ1) is 14.0. The molecule has 166 valence electrons. The third-order valence-electron chi connectivity index (χ3n) is 5.00. The van der Waals surface area contributed by atoms with Crippen molar-refractivity contribution in [3.63, 3.8) is 0 Å². The monoisotopic (exact) mass is 486 g/mol. The van der Waals surface area contributed by atoms with Crippen molar-refractivity contribution in [1.29, 1.82) is 0 Å². The predicted molar refractivity (Wildman–Crippen MR) is 108 cm³/mol. The number of likely N-dealkylation sites (N-methyl/N-ethyl adjacent to an activating group) is 1. The molecule has 0 unspecified atom stereocenters. The summed E-state index contributed by atoms with van der Waals surface area (Å²) in [5.74, 6) is -1.05. The van der Waals surface area contributed by atoms with Crippen LogP contribution in [0.15, 0.2) is 28.6 Å². The van der Waals surface area contributed by atoms with E-state index in [0.717, 1.165) is 23.5 Å². The number of thiazole rings is 1. The van der Waals surface area contributed by atoms with Crippen LogP contribution in [0.25, 0.3) is 0 Å². The number of aromatic nitrogens is 1. The van der Waals surface area contributed by atoms with Gasteiger partial charge in [0.15, 0.2) is 5.13 Å². The summed E-state index contributed by atoms with van der Waals surface area (Å²) in [5.41, 5.74) is -1.60. The fourth-order valence-electron chi connectivity index (χ4n) is 3.05. The maximum atomic E-state index is 14.5. The summed E-state index contributed by atoms with van der Waals surface area (Å²) in [6, 6.07) is 1.31. The van der Waals surface area contributed by atoms with Crippen molar-refractivity contribution < 1.29 is 26.0 Å². The number of benzene rings is 1. The van der Waals surface area contributed by atoms with Gasteiger partial charge >= 0.3 is 6.18 Å². The molecule has 1 atom stereocenters. The van der Waals surface area contributed by atoms with Crippen molar-refractivity contribution in [3.8, 4) is 0 Å². The fourth-order valence-corrected chi connectivity index (χ4v) is 5.22.